The molecule has 1 aromatic carbocycles. The van der Waals surface area contributed by atoms with Crippen molar-refractivity contribution in [3.8, 4) is 29.7 Å². The average molecular weight is 308 g/mol. The maximum absolute atomic E-state index is 9.24. The lowest BCUT2D eigenvalue weighted by atomic mass is 10.1. The summed E-state index contributed by atoms with van der Waals surface area (Å²) in [7, 11) is 0. The molecule has 23 heavy (non-hydrogen) atoms. The smallest absolute Gasteiger partial charge is 0.153 e. The first-order valence-corrected chi connectivity index (χ1v) is 6.92. The van der Waals surface area contributed by atoms with Crippen LogP contribution in [0.3, 0.4) is 0 Å². The van der Waals surface area contributed by atoms with Crippen LogP contribution in [-0.2, 0) is 0 Å². The van der Waals surface area contributed by atoms with E-state index >= 15 is 0 Å². The van der Waals surface area contributed by atoms with Crippen molar-refractivity contribution in [1.29, 1.82) is 15.8 Å². The topological polar surface area (TPSA) is 116 Å². The van der Waals surface area contributed by atoms with Crippen molar-refractivity contribution >= 4 is 6.08 Å². The van der Waals surface area contributed by atoms with Gasteiger partial charge in [0.05, 0.1) is 24.5 Å². The fourth-order valence-electron chi connectivity index (χ4n) is 1.78. The van der Waals surface area contributed by atoms with Gasteiger partial charge in [-0.25, -0.2) is 0 Å². The molecule has 0 atom stereocenters. The molecule has 0 amide bonds. The molecule has 0 spiro atoms. The van der Waals surface area contributed by atoms with Crippen LogP contribution >= 0.6 is 0 Å². The van der Waals surface area contributed by atoms with E-state index in [1.54, 1.807) is 30.3 Å². The molecule has 6 nitrogen and oxygen atoms in total. The van der Waals surface area contributed by atoms with Gasteiger partial charge in [-0.1, -0.05) is 0 Å². The molecule has 0 heterocycles. The van der Waals surface area contributed by atoms with Gasteiger partial charge in [-0.15, -0.1) is 0 Å². The van der Waals surface area contributed by atoms with Crippen LogP contribution in [0.5, 0.6) is 11.5 Å². The lowest BCUT2D eigenvalue weighted by Gasteiger charge is -2.11. The summed E-state index contributed by atoms with van der Waals surface area (Å²) in [5.74, 6) is 1.17. The number of nitrogens with two attached hydrogens (primary N) is 1. The highest BCUT2D eigenvalue weighted by Gasteiger charge is 2.10. The van der Waals surface area contributed by atoms with Gasteiger partial charge >= 0.3 is 0 Å². The first kappa shape index (κ1) is 17.6. The standard InChI is InChI=1S/C17H16N4O2/c1-3-22-15-6-5-12(16(8-15)23-4-2)7-13(9-18)17(21)14(10-19)11-20/h5-8H,3-4,21H2,1-2H3. The third-order valence-electron chi connectivity index (χ3n) is 2.80. The van der Waals surface area contributed by atoms with Crippen LogP contribution in [0.4, 0.5) is 0 Å². The number of nitrogens with zero attached hydrogens (tertiary/aromatic N) is 3. The maximum Gasteiger partial charge on any atom is 0.153 e. The maximum atomic E-state index is 9.24. The van der Waals surface area contributed by atoms with Crippen molar-refractivity contribution in [2.75, 3.05) is 13.2 Å². The Bertz CT molecular complexity index is 742. The van der Waals surface area contributed by atoms with Crippen molar-refractivity contribution in [3.05, 3.63) is 40.6 Å². The van der Waals surface area contributed by atoms with Gasteiger partial charge in [0.25, 0.3) is 0 Å². The molecule has 0 aliphatic rings. The summed E-state index contributed by atoms with van der Waals surface area (Å²) in [5, 5.41) is 26.9. The third-order valence-corrected chi connectivity index (χ3v) is 2.80. The van der Waals surface area contributed by atoms with Crippen LogP contribution < -0.4 is 15.2 Å². The Hall–Kier alpha value is -3.43. The Balaban J connectivity index is 3.40. The molecule has 6 heteroatoms. The highest BCUT2D eigenvalue weighted by atomic mass is 16.5. The molecule has 1 rings (SSSR count). The van der Waals surface area contributed by atoms with Crippen molar-refractivity contribution in [2.24, 2.45) is 5.73 Å². The summed E-state index contributed by atoms with van der Waals surface area (Å²) in [5.41, 5.74) is 5.88. The minimum Gasteiger partial charge on any atom is -0.494 e. The summed E-state index contributed by atoms with van der Waals surface area (Å²) in [4.78, 5) is 0. The normalized spacial score (nSPS) is 9.96. The number of hydrogen-bond acceptors (Lipinski definition) is 6. The Kier molecular flexibility index (Phi) is 6.72. The van der Waals surface area contributed by atoms with Gasteiger partial charge in [0.15, 0.2) is 5.57 Å². The predicted molar refractivity (Wildman–Crippen MR) is 84.8 cm³/mol. The number of benzene rings is 1. The summed E-state index contributed by atoms with van der Waals surface area (Å²) in [6.45, 7) is 4.67. The van der Waals surface area contributed by atoms with E-state index in [0.717, 1.165) is 0 Å². The summed E-state index contributed by atoms with van der Waals surface area (Å²) >= 11 is 0. The second kappa shape index (κ2) is 8.77. The number of nitriles is 3. The van der Waals surface area contributed by atoms with Crippen LogP contribution in [0.15, 0.2) is 35.0 Å². The number of allylic oxidation sites excluding steroid dienone is 2. The van der Waals surface area contributed by atoms with Crippen molar-refractivity contribution in [2.45, 2.75) is 13.8 Å². The molecule has 0 unspecified atom stereocenters. The van der Waals surface area contributed by atoms with Gasteiger partial charge in [-0.3, -0.25) is 0 Å². The van der Waals surface area contributed by atoms with Crippen LogP contribution in [0.1, 0.15) is 19.4 Å². The van der Waals surface area contributed by atoms with E-state index < -0.39 is 0 Å². The van der Waals surface area contributed by atoms with Crippen LogP contribution in [0.25, 0.3) is 6.08 Å². The fraction of sp³-hybridized carbons (Fsp3) is 0.235. The van der Waals surface area contributed by atoms with E-state index in [9.17, 15) is 5.26 Å². The van der Waals surface area contributed by atoms with Crippen LogP contribution in [-0.4, -0.2) is 13.2 Å². The second-order valence-corrected chi connectivity index (χ2v) is 4.25. The van der Waals surface area contributed by atoms with Gasteiger partial charge in [0.2, 0.25) is 0 Å². The van der Waals surface area contributed by atoms with Crippen molar-refractivity contribution in [3.63, 3.8) is 0 Å². The minimum atomic E-state index is -0.304. The fourth-order valence-corrected chi connectivity index (χ4v) is 1.78. The molecule has 0 aromatic heterocycles. The molecule has 0 radical (unpaired) electrons. The molecule has 0 fully saturated rings. The van der Waals surface area contributed by atoms with E-state index in [-0.39, 0.29) is 16.8 Å². The average Bonchev–Trinajstić information content (AvgIpc) is 2.55. The summed E-state index contributed by atoms with van der Waals surface area (Å²) in [6.07, 6.45) is 1.48. The molecule has 116 valence electrons. The van der Waals surface area contributed by atoms with E-state index in [2.05, 4.69) is 0 Å². The molecule has 1 aromatic rings. The minimum absolute atomic E-state index is 0.0215. The third kappa shape index (κ3) is 4.52. The lowest BCUT2D eigenvalue weighted by Crippen LogP contribution is -2.04. The molecule has 0 aliphatic carbocycles. The first-order chi connectivity index (χ1) is 11.1. The number of ether oxygens (including phenoxy) is 2. The highest BCUT2D eigenvalue weighted by Crippen LogP contribution is 2.28. The summed E-state index contributed by atoms with van der Waals surface area (Å²) < 4.78 is 11.0. The Morgan fingerprint density at radius 3 is 2.26 bits per heavy atom. The van der Waals surface area contributed by atoms with Crippen molar-refractivity contribution < 1.29 is 9.47 Å². The number of rotatable bonds is 6. The molecule has 0 saturated heterocycles. The van der Waals surface area contributed by atoms with E-state index in [4.69, 9.17) is 25.7 Å². The molecule has 2 N–H and O–H groups in total. The van der Waals surface area contributed by atoms with Gasteiger partial charge in [0, 0.05) is 11.6 Å². The Morgan fingerprint density at radius 2 is 1.74 bits per heavy atom. The summed E-state index contributed by atoms with van der Waals surface area (Å²) in [6, 6.07) is 10.4. The predicted octanol–water partition coefficient (Wildman–Crippen LogP) is 2.65. The Morgan fingerprint density at radius 1 is 1.09 bits per heavy atom. The largest absolute Gasteiger partial charge is 0.494 e. The SMILES string of the molecule is CCOc1ccc(C=C(C#N)C(N)=C(C#N)C#N)c(OCC)c1. The second-order valence-electron chi connectivity index (χ2n) is 4.25. The van der Waals surface area contributed by atoms with E-state index in [0.29, 0.717) is 30.3 Å². The van der Waals surface area contributed by atoms with Crippen LogP contribution in [0.2, 0.25) is 0 Å². The monoisotopic (exact) mass is 308 g/mol. The van der Waals surface area contributed by atoms with Gasteiger partial charge in [-0.05, 0) is 32.1 Å². The zero-order valence-electron chi connectivity index (χ0n) is 13.0. The van der Waals surface area contributed by atoms with Crippen molar-refractivity contribution in [1.82, 2.24) is 0 Å². The molecule has 0 aliphatic heterocycles. The lowest BCUT2D eigenvalue weighted by molar-refractivity contribution is 0.322. The first-order valence-electron chi connectivity index (χ1n) is 6.92. The molecular formula is C17H16N4O2. The van der Waals surface area contributed by atoms with E-state index in [1.807, 2.05) is 19.9 Å². The molecule has 0 bridgehead atoms. The number of hydrogen-bond donors (Lipinski definition) is 1. The highest BCUT2D eigenvalue weighted by molar-refractivity contribution is 5.69. The zero-order chi connectivity index (χ0) is 17.2. The molecular weight excluding hydrogens is 292 g/mol. The molecule has 0 saturated carbocycles. The Labute approximate surface area is 135 Å². The van der Waals surface area contributed by atoms with Crippen LogP contribution in [0, 0.1) is 34.0 Å². The van der Waals surface area contributed by atoms with E-state index in [1.165, 1.54) is 6.08 Å². The van der Waals surface area contributed by atoms with Gasteiger partial charge in [-0.2, -0.15) is 15.8 Å². The van der Waals surface area contributed by atoms with Gasteiger partial charge < -0.3 is 15.2 Å². The quantitative estimate of drug-likeness (QED) is 0.638. The van der Waals surface area contributed by atoms with Gasteiger partial charge in [0.1, 0.15) is 29.7 Å². The zero-order valence-corrected chi connectivity index (χ0v) is 13.0.